The predicted octanol–water partition coefficient (Wildman–Crippen LogP) is 2.54. The molecule has 0 heterocycles. The van der Waals surface area contributed by atoms with Gasteiger partial charge in [0, 0.05) is 24.5 Å². The van der Waals surface area contributed by atoms with E-state index in [2.05, 4.69) is 36.4 Å². The molecule has 21 heavy (non-hydrogen) atoms. The predicted molar refractivity (Wildman–Crippen MR) is 89.5 cm³/mol. The molecule has 0 atom stereocenters. The maximum absolute atomic E-state index is 12.1. The van der Waals surface area contributed by atoms with Gasteiger partial charge in [-0.1, -0.05) is 19.3 Å². The van der Waals surface area contributed by atoms with Gasteiger partial charge in [-0.2, -0.15) is 0 Å². The number of nitrogens with zero attached hydrogens (tertiary/aromatic N) is 1. The highest BCUT2D eigenvalue weighted by Gasteiger charge is 2.32. The quantitative estimate of drug-likeness (QED) is 0.643. The number of nitrogens with one attached hydrogen (secondary N) is 2. The molecule has 1 saturated carbocycles. The molecule has 0 unspecified atom stereocenters. The lowest BCUT2D eigenvalue weighted by molar-refractivity contribution is -0.122. The summed E-state index contributed by atoms with van der Waals surface area (Å²) in [6.45, 7) is 6.34. The van der Waals surface area contributed by atoms with Gasteiger partial charge >= 0.3 is 0 Å². The van der Waals surface area contributed by atoms with Crippen molar-refractivity contribution in [3.63, 3.8) is 0 Å². The van der Waals surface area contributed by atoms with Gasteiger partial charge in [0.25, 0.3) is 0 Å². The second-order valence-corrected chi connectivity index (χ2v) is 6.90. The van der Waals surface area contributed by atoms with Crippen LogP contribution in [0.3, 0.4) is 0 Å². The van der Waals surface area contributed by atoms with Gasteiger partial charge in [-0.25, -0.2) is 0 Å². The van der Waals surface area contributed by atoms with Crippen LogP contribution in [-0.2, 0) is 4.79 Å². The first-order chi connectivity index (χ1) is 9.99. The number of carbonyl (C=O) groups is 1. The van der Waals surface area contributed by atoms with E-state index in [0.717, 1.165) is 38.8 Å². The first-order valence-corrected chi connectivity index (χ1v) is 8.65. The van der Waals surface area contributed by atoms with Crippen molar-refractivity contribution >= 4 is 5.91 Å². The largest absolute Gasteiger partial charge is 0.356 e. The summed E-state index contributed by atoms with van der Waals surface area (Å²) < 4.78 is 0. The van der Waals surface area contributed by atoms with E-state index in [1.54, 1.807) is 0 Å². The van der Waals surface area contributed by atoms with Crippen molar-refractivity contribution in [2.24, 2.45) is 0 Å². The third-order valence-electron chi connectivity index (χ3n) is 4.98. The lowest BCUT2D eigenvalue weighted by atomic mass is 9.79. The monoisotopic (exact) mass is 297 g/mol. The Morgan fingerprint density at radius 1 is 1.19 bits per heavy atom. The van der Waals surface area contributed by atoms with Crippen molar-refractivity contribution in [1.82, 2.24) is 15.5 Å². The van der Waals surface area contributed by atoms with Crippen LogP contribution in [-0.4, -0.2) is 49.6 Å². The van der Waals surface area contributed by atoms with Gasteiger partial charge in [0.05, 0.1) is 0 Å². The van der Waals surface area contributed by atoms with Crippen LogP contribution >= 0.6 is 0 Å². The lowest BCUT2D eigenvalue weighted by Gasteiger charge is -2.36. The topological polar surface area (TPSA) is 44.4 Å². The van der Waals surface area contributed by atoms with E-state index in [1.165, 1.54) is 19.3 Å². The molecule has 1 aliphatic carbocycles. The highest BCUT2D eigenvalue weighted by molar-refractivity contribution is 5.77. The van der Waals surface area contributed by atoms with Crippen molar-refractivity contribution in [2.45, 2.75) is 76.8 Å². The summed E-state index contributed by atoms with van der Waals surface area (Å²) in [5.74, 6) is 0.212. The fraction of sp³-hybridized carbons (Fsp3) is 0.941. The van der Waals surface area contributed by atoms with Gasteiger partial charge in [0.2, 0.25) is 5.91 Å². The number of unbranched alkanes of at least 4 members (excludes halogenated alkanes) is 1. The van der Waals surface area contributed by atoms with Crippen LogP contribution in [0.15, 0.2) is 0 Å². The van der Waals surface area contributed by atoms with Crippen LogP contribution in [0.25, 0.3) is 0 Å². The van der Waals surface area contributed by atoms with Gasteiger partial charge in [0.15, 0.2) is 0 Å². The zero-order chi connectivity index (χ0) is 15.7. The van der Waals surface area contributed by atoms with Crippen molar-refractivity contribution in [1.29, 1.82) is 0 Å². The SMILES string of the molecule is CNC1(CC(=O)NCCCCN(C)C(C)C)CCCCC1. The minimum atomic E-state index is 0.0557. The lowest BCUT2D eigenvalue weighted by Crippen LogP contribution is -2.48. The molecule has 1 aliphatic rings. The minimum absolute atomic E-state index is 0.0557. The molecule has 0 aromatic carbocycles. The normalized spacial score (nSPS) is 18.2. The summed E-state index contributed by atoms with van der Waals surface area (Å²) in [6, 6.07) is 0.598. The molecule has 1 fully saturated rings. The summed E-state index contributed by atoms with van der Waals surface area (Å²) in [5.41, 5.74) is 0.0557. The number of rotatable bonds is 9. The standard InChI is InChI=1S/C17H35N3O/c1-15(2)20(4)13-9-8-12-19-16(21)14-17(18-3)10-6-5-7-11-17/h15,18H,5-14H2,1-4H3,(H,19,21). The molecule has 0 saturated heterocycles. The van der Waals surface area contributed by atoms with Crippen LogP contribution in [0, 0.1) is 0 Å². The van der Waals surface area contributed by atoms with Crippen LogP contribution < -0.4 is 10.6 Å². The number of hydrogen-bond donors (Lipinski definition) is 2. The van der Waals surface area contributed by atoms with Gasteiger partial charge in [0.1, 0.15) is 0 Å². The molecule has 0 aromatic rings. The highest BCUT2D eigenvalue weighted by atomic mass is 16.1. The minimum Gasteiger partial charge on any atom is -0.356 e. The maximum Gasteiger partial charge on any atom is 0.221 e. The summed E-state index contributed by atoms with van der Waals surface area (Å²) >= 11 is 0. The Labute approximate surface area is 131 Å². The molecule has 0 aromatic heterocycles. The molecule has 0 aliphatic heterocycles. The van der Waals surface area contributed by atoms with Crippen LogP contribution in [0.1, 0.15) is 65.2 Å². The molecule has 1 rings (SSSR count). The average Bonchev–Trinajstić information content (AvgIpc) is 2.47. The molecule has 0 spiro atoms. The summed E-state index contributed by atoms with van der Waals surface area (Å²) in [7, 11) is 4.16. The molecule has 4 heteroatoms. The van der Waals surface area contributed by atoms with Crippen molar-refractivity contribution in [2.75, 3.05) is 27.2 Å². The average molecular weight is 297 g/mol. The second kappa shape index (κ2) is 9.42. The van der Waals surface area contributed by atoms with Gasteiger partial charge in [-0.3, -0.25) is 4.79 Å². The second-order valence-electron chi connectivity index (χ2n) is 6.90. The number of hydrogen-bond acceptors (Lipinski definition) is 3. The fourth-order valence-corrected chi connectivity index (χ4v) is 3.09. The maximum atomic E-state index is 12.1. The summed E-state index contributed by atoms with van der Waals surface area (Å²) in [4.78, 5) is 14.5. The first kappa shape index (κ1) is 18.4. The van der Waals surface area contributed by atoms with E-state index in [9.17, 15) is 4.79 Å². The zero-order valence-corrected chi connectivity index (χ0v) is 14.5. The van der Waals surface area contributed by atoms with E-state index < -0.39 is 0 Å². The van der Waals surface area contributed by atoms with Gasteiger partial charge < -0.3 is 15.5 Å². The molecule has 124 valence electrons. The fourth-order valence-electron chi connectivity index (χ4n) is 3.09. The highest BCUT2D eigenvalue weighted by Crippen LogP contribution is 2.30. The molecular formula is C17H35N3O. The van der Waals surface area contributed by atoms with Crippen LogP contribution in [0.4, 0.5) is 0 Å². The molecule has 2 N–H and O–H groups in total. The smallest absolute Gasteiger partial charge is 0.221 e. The van der Waals surface area contributed by atoms with E-state index >= 15 is 0 Å². The Balaban J connectivity index is 2.16. The van der Waals surface area contributed by atoms with E-state index in [1.807, 2.05) is 7.05 Å². The van der Waals surface area contributed by atoms with Crippen molar-refractivity contribution in [3.05, 3.63) is 0 Å². The Hall–Kier alpha value is -0.610. The molecule has 0 radical (unpaired) electrons. The van der Waals surface area contributed by atoms with E-state index in [0.29, 0.717) is 12.5 Å². The summed E-state index contributed by atoms with van der Waals surface area (Å²) in [5, 5.41) is 6.50. The Kier molecular flexibility index (Phi) is 8.27. The molecular weight excluding hydrogens is 262 g/mol. The number of amides is 1. The molecule has 1 amide bonds. The van der Waals surface area contributed by atoms with E-state index in [-0.39, 0.29) is 11.4 Å². The Bertz CT molecular complexity index is 298. The van der Waals surface area contributed by atoms with Crippen LogP contribution in [0.5, 0.6) is 0 Å². The van der Waals surface area contributed by atoms with E-state index in [4.69, 9.17) is 0 Å². The van der Waals surface area contributed by atoms with Crippen molar-refractivity contribution in [3.8, 4) is 0 Å². The Morgan fingerprint density at radius 3 is 2.43 bits per heavy atom. The number of carbonyl (C=O) groups excluding carboxylic acids is 1. The third-order valence-corrected chi connectivity index (χ3v) is 4.98. The molecule has 0 bridgehead atoms. The van der Waals surface area contributed by atoms with Crippen LogP contribution in [0.2, 0.25) is 0 Å². The van der Waals surface area contributed by atoms with Gasteiger partial charge in [-0.15, -0.1) is 0 Å². The Morgan fingerprint density at radius 2 is 1.86 bits per heavy atom. The third kappa shape index (κ3) is 6.79. The molecule has 4 nitrogen and oxygen atoms in total. The first-order valence-electron chi connectivity index (χ1n) is 8.65. The zero-order valence-electron chi connectivity index (χ0n) is 14.5. The summed E-state index contributed by atoms with van der Waals surface area (Å²) in [6.07, 6.45) is 8.92. The van der Waals surface area contributed by atoms with Crippen molar-refractivity contribution < 1.29 is 4.79 Å². The van der Waals surface area contributed by atoms with Gasteiger partial charge in [-0.05, 0) is 60.2 Å².